The standard InChI is InChI=1S/C13H21BrN2/c1-10(2)7-11(3)16(4)9-13-6-5-12(14)8-15-13/h5-6,8,10-11H,7,9H2,1-4H3. The van der Waals surface area contributed by atoms with Gasteiger partial charge in [0, 0.05) is 23.3 Å². The molecule has 3 heteroatoms. The van der Waals surface area contributed by atoms with E-state index in [-0.39, 0.29) is 0 Å². The fraction of sp³-hybridized carbons (Fsp3) is 0.615. The Bertz CT molecular complexity index is 308. The number of halogens is 1. The summed E-state index contributed by atoms with van der Waals surface area (Å²) in [5.41, 5.74) is 1.13. The van der Waals surface area contributed by atoms with Crippen LogP contribution in [0.5, 0.6) is 0 Å². The van der Waals surface area contributed by atoms with Gasteiger partial charge in [0.2, 0.25) is 0 Å². The molecule has 0 aliphatic rings. The molecule has 0 radical (unpaired) electrons. The lowest BCUT2D eigenvalue weighted by molar-refractivity contribution is 0.218. The minimum Gasteiger partial charge on any atom is -0.298 e. The molecule has 0 aliphatic heterocycles. The van der Waals surface area contributed by atoms with Crippen LogP contribution in [0.3, 0.4) is 0 Å². The van der Waals surface area contributed by atoms with Gasteiger partial charge in [0.15, 0.2) is 0 Å². The van der Waals surface area contributed by atoms with E-state index in [4.69, 9.17) is 0 Å². The summed E-state index contributed by atoms with van der Waals surface area (Å²) in [5, 5.41) is 0. The molecule has 1 atom stereocenters. The first-order valence-electron chi connectivity index (χ1n) is 5.79. The van der Waals surface area contributed by atoms with Gasteiger partial charge in [-0.25, -0.2) is 0 Å². The van der Waals surface area contributed by atoms with Gasteiger partial charge in [-0.2, -0.15) is 0 Å². The van der Waals surface area contributed by atoms with Crippen molar-refractivity contribution < 1.29 is 0 Å². The number of rotatable bonds is 5. The van der Waals surface area contributed by atoms with E-state index in [0.717, 1.165) is 22.6 Å². The van der Waals surface area contributed by atoms with Gasteiger partial charge in [0.25, 0.3) is 0 Å². The molecule has 1 aromatic heterocycles. The van der Waals surface area contributed by atoms with E-state index >= 15 is 0 Å². The van der Waals surface area contributed by atoms with Gasteiger partial charge in [-0.05, 0) is 54.4 Å². The molecule has 0 spiro atoms. The lowest BCUT2D eigenvalue weighted by Crippen LogP contribution is -2.30. The van der Waals surface area contributed by atoms with Gasteiger partial charge >= 0.3 is 0 Å². The van der Waals surface area contributed by atoms with Crippen LogP contribution in [0.25, 0.3) is 0 Å². The molecule has 1 aromatic rings. The molecule has 0 aromatic carbocycles. The minimum absolute atomic E-state index is 0.602. The van der Waals surface area contributed by atoms with Crippen LogP contribution in [0.4, 0.5) is 0 Å². The predicted molar refractivity (Wildman–Crippen MR) is 72.3 cm³/mol. The summed E-state index contributed by atoms with van der Waals surface area (Å²) in [6, 6.07) is 4.72. The zero-order chi connectivity index (χ0) is 12.1. The van der Waals surface area contributed by atoms with Gasteiger partial charge in [-0.3, -0.25) is 9.88 Å². The van der Waals surface area contributed by atoms with Gasteiger partial charge in [0.05, 0.1) is 5.69 Å². The highest BCUT2D eigenvalue weighted by atomic mass is 79.9. The Hall–Kier alpha value is -0.410. The third kappa shape index (κ3) is 4.62. The van der Waals surface area contributed by atoms with Crippen LogP contribution in [0.2, 0.25) is 0 Å². The molecule has 0 saturated heterocycles. The molecule has 2 nitrogen and oxygen atoms in total. The Morgan fingerprint density at radius 2 is 2.00 bits per heavy atom. The molecule has 0 bridgehead atoms. The number of nitrogens with zero attached hydrogens (tertiary/aromatic N) is 2. The van der Waals surface area contributed by atoms with Crippen molar-refractivity contribution in [3.8, 4) is 0 Å². The maximum absolute atomic E-state index is 4.39. The van der Waals surface area contributed by atoms with E-state index in [0.29, 0.717) is 6.04 Å². The van der Waals surface area contributed by atoms with Crippen LogP contribution < -0.4 is 0 Å². The summed E-state index contributed by atoms with van der Waals surface area (Å²) in [7, 11) is 2.16. The van der Waals surface area contributed by atoms with E-state index in [1.54, 1.807) is 0 Å². The monoisotopic (exact) mass is 284 g/mol. The molecule has 16 heavy (non-hydrogen) atoms. The molecule has 0 N–H and O–H groups in total. The summed E-state index contributed by atoms with van der Waals surface area (Å²) < 4.78 is 1.04. The first-order chi connectivity index (χ1) is 7.49. The summed E-state index contributed by atoms with van der Waals surface area (Å²) in [6.45, 7) is 7.73. The smallest absolute Gasteiger partial charge is 0.0544 e. The van der Waals surface area contributed by atoms with E-state index in [9.17, 15) is 0 Å². The quantitative estimate of drug-likeness (QED) is 0.820. The maximum Gasteiger partial charge on any atom is 0.0544 e. The average Bonchev–Trinajstić information content (AvgIpc) is 2.20. The molecule has 0 saturated carbocycles. The first-order valence-corrected chi connectivity index (χ1v) is 6.59. The van der Waals surface area contributed by atoms with Crippen molar-refractivity contribution in [1.82, 2.24) is 9.88 Å². The largest absolute Gasteiger partial charge is 0.298 e. The predicted octanol–water partition coefficient (Wildman–Crippen LogP) is 3.71. The zero-order valence-corrected chi connectivity index (χ0v) is 12.2. The SMILES string of the molecule is CC(C)CC(C)N(C)Cc1ccc(Br)cn1. The maximum atomic E-state index is 4.39. The number of hydrogen-bond donors (Lipinski definition) is 0. The molecule has 1 rings (SSSR count). The molecule has 0 fully saturated rings. The Morgan fingerprint density at radius 3 is 2.50 bits per heavy atom. The van der Waals surface area contributed by atoms with Crippen LogP contribution in [-0.2, 0) is 6.54 Å². The molecule has 90 valence electrons. The van der Waals surface area contributed by atoms with E-state index in [2.05, 4.69) is 59.7 Å². The van der Waals surface area contributed by atoms with Gasteiger partial charge < -0.3 is 0 Å². The van der Waals surface area contributed by atoms with Crippen molar-refractivity contribution in [3.05, 3.63) is 28.5 Å². The molecule has 1 unspecified atom stereocenters. The Kier molecular flexibility index (Phi) is 5.42. The van der Waals surface area contributed by atoms with Crippen LogP contribution in [0.15, 0.2) is 22.8 Å². The zero-order valence-electron chi connectivity index (χ0n) is 10.6. The Balaban J connectivity index is 2.50. The van der Waals surface area contributed by atoms with Crippen molar-refractivity contribution >= 4 is 15.9 Å². The van der Waals surface area contributed by atoms with E-state index in [1.165, 1.54) is 6.42 Å². The van der Waals surface area contributed by atoms with E-state index < -0.39 is 0 Å². The van der Waals surface area contributed by atoms with E-state index in [1.807, 2.05) is 12.3 Å². The summed E-state index contributed by atoms with van der Waals surface area (Å²) in [6.07, 6.45) is 3.09. The second-order valence-electron chi connectivity index (χ2n) is 4.86. The molecular formula is C13H21BrN2. The van der Waals surface area contributed by atoms with Crippen LogP contribution in [0.1, 0.15) is 32.9 Å². The van der Waals surface area contributed by atoms with Crippen molar-refractivity contribution in [1.29, 1.82) is 0 Å². The molecule has 0 amide bonds. The van der Waals surface area contributed by atoms with Crippen LogP contribution in [-0.4, -0.2) is 23.0 Å². The summed E-state index contributed by atoms with van der Waals surface area (Å²) >= 11 is 3.40. The Labute approximate surface area is 107 Å². The van der Waals surface area contributed by atoms with Crippen molar-refractivity contribution in [2.75, 3.05) is 7.05 Å². The van der Waals surface area contributed by atoms with Crippen LogP contribution >= 0.6 is 15.9 Å². The molecule has 1 heterocycles. The number of aromatic nitrogens is 1. The average molecular weight is 285 g/mol. The first kappa shape index (κ1) is 13.7. The minimum atomic E-state index is 0.602. The molecule has 0 aliphatic carbocycles. The van der Waals surface area contributed by atoms with Gasteiger partial charge in [0.1, 0.15) is 0 Å². The Morgan fingerprint density at radius 1 is 1.31 bits per heavy atom. The lowest BCUT2D eigenvalue weighted by Gasteiger charge is -2.25. The van der Waals surface area contributed by atoms with Gasteiger partial charge in [-0.15, -0.1) is 0 Å². The van der Waals surface area contributed by atoms with Crippen LogP contribution in [0, 0.1) is 5.92 Å². The topological polar surface area (TPSA) is 16.1 Å². The van der Waals surface area contributed by atoms with Crippen molar-refractivity contribution in [2.45, 2.75) is 39.8 Å². The molecular weight excluding hydrogens is 264 g/mol. The fourth-order valence-corrected chi connectivity index (χ4v) is 2.01. The van der Waals surface area contributed by atoms with Crippen molar-refractivity contribution in [3.63, 3.8) is 0 Å². The highest BCUT2D eigenvalue weighted by Crippen LogP contribution is 2.13. The lowest BCUT2D eigenvalue weighted by atomic mass is 10.0. The normalized spacial score (nSPS) is 13.4. The van der Waals surface area contributed by atoms with Crippen molar-refractivity contribution in [2.24, 2.45) is 5.92 Å². The highest BCUT2D eigenvalue weighted by Gasteiger charge is 2.11. The second kappa shape index (κ2) is 6.36. The third-order valence-corrected chi connectivity index (χ3v) is 3.23. The fourth-order valence-electron chi connectivity index (χ4n) is 1.77. The highest BCUT2D eigenvalue weighted by molar-refractivity contribution is 9.10. The number of hydrogen-bond acceptors (Lipinski definition) is 2. The second-order valence-corrected chi connectivity index (χ2v) is 5.78. The third-order valence-electron chi connectivity index (χ3n) is 2.77. The number of pyridine rings is 1. The summed E-state index contributed by atoms with van der Waals surface area (Å²) in [5.74, 6) is 0.746. The summed E-state index contributed by atoms with van der Waals surface area (Å²) in [4.78, 5) is 6.75. The van der Waals surface area contributed by atoms with Gasteiger partial charge in [-0.1, -0.05) is 13.8 Å².